The number of aromatic nitrogens is 3. The number of nitrogens with zero attached hydrogens (tertiary/aromatic N) is 7. The third-order valence-corrected chi connectivity index (χ3v) is 14.1. The molecule has 3 saturated heterocycles. The second kappa shape index (κ2) is 18.8. The highest BCUT2D eigenvalue weighted by molar-refractivity contribution is 6.01. The maximum Gasteiger partial charge on any atom is 0.257 e. The van der Waals surface area contributed by atoms with Gasteiger partial charge in [-0.15, -0.1) is 0 Å². The number of piperazine rings is 1. The van der Waals surface area contributed by atoms with Crippen LogP contribution in [0.4, 0.5) is 25.8 Å². The van der Waals surface area contributed by atoms with Crippen molar-refractivity contribution in [1.29, 1.82) is 0 Å². The molecule has 0 radical (unpaired) electrons. The minimum Gasteiger partial charge on any atom is -0.388 e. The average Bonchev–Trinajstić information content (AvgIpc) is 3.66. The van der Waals surface area contributed by atoms with Crippen molar-refractivity contribution >= 4 is 51.4 Å². The smallest absolute Gasteiger partial charge is 0.257 e. The van der Waals surface area contributed by atoms with Crippen LogP contribution in [0.3, 0.4) is 0 Å². The summed E-state index contributed by atoms with van der Waals surface area (Å²) in [5.74, 6) is -1.12. The SMILES string of the molecule is CNc1ccn(-c2ccnc3c2cc([C@H](C)N2CC=C(c4c(C)cc(C(=O)N5CCC(CN6CCN(c7ccc(NC8CCC(=O)NC8=O)cc7F)CC6)CC5)cc4F)CC2)n3C)c(=O)c1. The number of imide groups is 1. The third-order valence-electron chi connectivity index (χ3n) is 14.1. The van der Waals surface area contributed by atoms with Crippen molar-refractivity contribution < 1.29 is 23.2 Å². The number of hydrogen-bond donors (Lipinski definition) is 3. The van der Waals surface area contributed by atoms with E-state index in [1.54, 1.807) is 42.2 Å². The van der Waals surface area contributed by atoms with Crippen LogP contribution in [0.1, 0.15) is 72.2 Å². The molecule has 3 amide bonds. The van der Waals surface area contributed by atoms with Gasteiger partial charge < -0.3 is 25.0 Å². The van der Waals surface area contributed by atoms with E-state index in [0.717, 1.165) is 78.3 Å². The molecule has 14 nitrogen and oxygen atoms in total. The van der Waals surface area contributed by atoms with Crippen LogP contribution in [0, 0.1) is 24.5 Å². The first-order chi connectivity index (χ1) is 31.8. The Morgan fingerprint density at radius 1 is 0.879 bits per heavy atom. The van der Waals surface area contributed by atoms with Crippen molar-refractivity contribution in [1.82, 2.24) is 34.1 Å². The Bertz CT molecular complexity index is 2750. The predicted molar refractivity (Wildman–Crippen MR) is 253 cm³/mol. The molecule has 66 heavy (non-hydrogen) atoms. The normalized spacial score (nSPS) is 19.5. The molecule has 7 heterocycles. The van der Waals surface area contributed by atoms with Crippen molar-refractivity contribution in [3.05, 3.63) is 117 Å². The summed E-state index contributed by atoms with van der Waals surface area (Å²) in [6.45, 7) is 10.5. The molecule has 4 aliphatic heterocycles. The summed E-state index contributed by atoms with van der Waals surface area (Å²) in [7, 11) is 3.78. The van der Waals surface area contributed by atoms with Crippen LogP contribution in [0.25, 0.3) is 22.3 Å². The number of amides is 3. The standard InChI is InChI=1S/C50H58F2N10O4/c1-31-25-35(50(66)61-16-10-33(11-17-61)30-58-21-23-60(24-22-58)43-7-5-37(27-39(43)51)55-41-6-8-45(63)56-49(41)65)26-40(52)47(31)34-12-18-59(19-13-34)32(2)44-29-38-42(9-15-54-48(38)57(44)4)62-20-14-36(53-3)28-46(62)64/h5,7,9,12,14-15,20,25-29,32-33,41,53,55H,6,8,10-11,13,16-19,21-24,30H2,1-4H3,(H,56,63,65)/t32-,41?/m0/s1. The molecular formula is C50H58F2N10O4. The molecule has 5 aromatic rings. The van der Waals surface area contributed by atoms with E-state index in [4.69, 9.17) is 0 Å². The van der Waals surface area contributed by atoms with Gasteiger partial charge >= 0.3 is 0 Å². The summed E-state index contributed by atoms with van der Waals surface area (Å²) in [5, 5.41) is 9.27. The molecule has 2 aromatic carbocycles. The minimum atomic E-state index is -0.572. The zero-order valence-electron chi connectivity index (χ0n) is 38.1. The molecule has 0 saturated carbocycles. The highest BCUT2D eigenvalue weighted by Crippen LogP contribution is 2.35. The molecule has 346 valence electrons. The number of halogens is 2. The fourth-order valence-electron chi connectivity index (χ4n) is 10.3. The molecule has 0 aliphatic carbocycles. The Hall–Kier alpha value is -6.39. The zero-order chi connectivity index (χ0) is 46.2. The first-order valence-electron chi connectivity index (χ1n) is 23.1. The van der Waals surface area contributed by atoms with Gasteiger partial charge in [-0.25, -0.2) is 13.8 Å². The summed E-state index contributed by atoms with van der Waals surface area (Å²) >= 11 is 0. The van der Waals surface area contributed by atoms with Crippen LogP contribution in [0.2, 0.25) is 0 Å². The third kappa shape index (κ3) is 9.08. The molecule has 0 spiro atoms. The first kappa shape index (κ1) is 44.8. The lowest BCUT2D eigenvalue weighted by molar-refractivity contribution is -0.133. The summed E-state index contributed by atoms with van der Waals surface area (Å²) in [6.07, 6.45) is 8.62. The Balaban J connectivity index is 0.764. The van der Waals surface area contributed by atoms with Crippen molar-refractivity contribution in [2.45, 2.75) is 58.0 Å². The number of aryl methyl sites for hydroxylation is 2. The fraction of sp³-hybridized carbons (Fsp3) is 0.420. The number of rotatable bonds is 11. The van der Waals surface area contributed by atoms with E-state index >= 15 is 8.78 Å². The van der Waals surface area contributed by atoms with E-state index in [1.165, 1.54) is 12.1 Å². The molecule has 0 bridgehead atoms. The number of pyridine rings is 2. The van der Waals surface area contributed by atoms with Crippen LogP contribution in [-0.2, 0) is 16.6 Å². The van der Waals surface area contributed by atoms with E-state index in [1.807, 2.05) is 42.0 Å². The summed E-state index contributed by atoms with van der Waals surface area (Å²) in [5.41, 5.74) is 6.94. The van der Waals surface area contributed by atoms with Gasteiger partial charge in [-0.05, 0) is 105 Å². The van der Waals surface area contributed by atoms with Gasteiger partial charge in [-0.1, -0.05) is 6.08 Å². The first-order valence-corrected chi connectivity index (χ1v) is 23.1. The van der Waals surface area contributed by atoms with E-state index in [2.05, 4.69) is 54.4 Å². The molecule has 1 unspecified atom stereocenters. The Morgan fingerprint density at radius 3 is 2.35 bits per heavy atom. The van der Waals surface area contributed by atoms with Crippen LogP contribution in [-0.4, -0.2) is 119 Å². The molecule has 3 fully saturated rings. The molecule has 2 atom stereocenters. The van der Waals surface area contributed by atoms with Gasteiger partial charge in [-0.3, -0.25) is 38.9 Å². The number of carbonyl (C=O) groups is 3. The lowest BCUT2D eigenvalue weighted by atomic mass is 9.92. The van der Waals surface area contributed by atoms with Gasteiger partial charge in [0.15, 0.2) is 0 Å². The molecule has 16 heteroatoms. The zero-order valence-corrected chi connectivity index (χ0v) is 38.1. The van der Waals surface area contributed by atoms with E-state index in [9.17, 15) is 19.2 Å². The number of hydrogen-bond acceptors (Lipinski definition) is 10. The minimum absolute atomic E-state index is 0.0266. The van der Waals surface area contributed by atoms with Crippen LogP contribution < -0.4 is 26.4 Å². The van der Waals surface area contributed by atoms with Gasteiger partial charge in [-0.2, -0.15) is 0 Å². The Morgan fingerprint density at radius 2 is 1.67 bits per heavy atom. The van der Waals surface area contributed by atoms with E-state index in [-0.39, 0.29) is 41.5 Å². The van der Waals surface area contributed by atoms with Crippen molar-refractivity contribution in [3.63, 3.8) is 0 Å². The Labute approximate surface area is 383 Å². The van der Waals surface area contributed by atoms with E-state index < -0.39 is 11.9 Å². The van der Waals surface area contributed by atoms with Gasteiger partial charge in [0, 0.05) is 138 Å². The second-order valence-corrected chi connectivity index (χ2v) is 18.2. The largest absolute Gasteiger partial charge is 0.388 e. The number of benzene rings is 2. The van der Waals surface area contributed by atoms with Gasteiger partial charge in [0.05, 0.1) is 11.4 Å². The highest BCUT2D eigenvalue weighted by Gasteiger charge is 2.31. The quantitative estimate of drug-likeness (QED) is 0.134. The fourth-order valence-corrected chi connectivity index (χ4v) is 10.3. The number of anilines is 3. The lowest BCUT2D eigenvalue weighted by Crippen LogP contribution is -2.49. The Kier molecular flexibility index (Phi) is 12.8. The maximum absolute atomic E-state index is 16.1. The van der Waals surface area contributed by atoms with Crippen LogP contribution in [0.15, 0.2) is 77.9 Å². The van der Waals surface area contributed by atoms with Gasteiger partial charge in [0.1, 0.15) is 23.3 Å². The predicted octanol–water partition coefficient (Wildman–Crippen LogP) is 6.09. The molecule has 4 aliphatic rings. The topological polar surface area (TPSA) is 140 Å². The van der Waals surface area contributed by atoms with Gasteiger partial charge in [0.2, 0.25) is 11.8 Å². The highest BCUT2D eigenvalue weighted by atomic mass is 19.1. The molecule has 3 aromatic heterocycles. The number of nitrogens with one attached hydrogen (secondary N) is 3. The monoisotopic (exact) mass is 900 g/mol. The van der Waals surface area contributed by atoms with Crippen molar-refractivity contribution in [3.8, 4) is 5.69 Å². The number of piperidine rings is 2. The van der Waals surface area contributed by atoms with Crippen LogP contribution in [0.5, 0.6) is 0 Å². The molecule has 3 N–H and O–H groups in total. The molecular weight excluding hydrogens is 843 g/mol. The second-order valence-electron chi connectivity index (χ2n) is 18.2. The van der Waals surface area contributed by atoms with Crippen LogP contribution >= 0.6 is 0 Å². The summed E-state index contributed by atoms with van der Waals surface area (Å²) in [4.78, 5) is 63.7. The summed E-state index contributed by atoms with van der Waals surface area (Å²) in [6, 6.07) is 15.1. The lowest BCUT2D eigenvalue weighted by Gasteiger charge is -2.39. The van der Waals surface area contributed by atoms with Gasteiger partial charge in [0.25, 0.3) is 11.5 Å². The maximum atomic E-state index is 16.1. The number of fused-ring (bicyclic) bond motifs is 1. The number of carbonyl (C=O) groups excluding carboxylic acids is 3. The summed E-state index contributed by atoms with van der Waals surface area (Å²) < 4.78 is 35.0. The number of likely N-dealkylation sites (tertiary alicyclic amines) is 1. The van der Waals surface area contributed by atoms with Crippen molar-refractivity contribution in [2.24, 2.45) is 13.0 Å². The van der Waals surface area contributed by atoms with Crippen molar-refractivity contribution in [2.75, 3.05) is 81.5 Å². The van der Waals surface area contributed by atoms with E-state index in [0.29, 0.717) is 74.0 Å². The molecule has 9 rings (SSSR count). The average molecular weight is 901 g/mol.